The second kappa shape index (κ2) is 17.5. The van der Waals surface area contributed by atoms with E-state index in [2.05, 4.69) is 15.6 Å². The molecule has 3 aliphatic rings. The summed E-state index contributed by atoms with van der Waals surface area (Å²) in [4.78, 5) is 42.1. The molecule has 3 heterocycles. The van der Waals surface area contributed by atoms with Crippen LogP contribution in [0, 0.1) is 17.3 Å². The van der Waals surface area contributed by atoms with Crippen molar-refractivity contribution in [2.24, 2.45) is 17.3 Å². The third-order valence-corrected chi connectivity index (χ3v) is 9.56. The van der Waals surface area contributed by atoms with Crippen LogP contribution in [-0.4, -0.2) is 113 Å². The van der Waals surface area contributed by atoms with Crippen LogP contribution in [0.3, 0.4) is 0 Å². The summed E-state index contributed by atoms with van der Waals surface area (Å²) >= 11 is 0. The maximum absolute atomic E-state index is 13.7. The first kappa shape index (κ1) is 38.3. The predicted molar refractivity (Wildman–Crippen MR) is 187 cm³/mol. The Bertz CT molecular complexity index is 1440. The van der Waals surface area contributed by atoms with Gasteiger partial charge >= 0.3 is 12.1 Å². The van der Waals surface area contributed by atoms with Crippen LogP contribution in [-0.2, 0) is 46.2 Å². The van der Waals surface area contributed by atoms with E-state index in [1.54, 1.807) is 45.0 Å². The van der Waals surface area contributed by atoms with Gasteiger partial charge in [-0.25, -0.2) is 9.80 Å². The van der Waals surface area contributed by atoms with Crippen LogP contribution in [0.15, 0.2) is 48.5 Å². The molecule has 3 saturated heterocycles. The van der Waals surface area contributed by atoms with Crippen molar-refractivity contribution < 1.29 is 47.9 Å². The molecule has 2 amide bonds. The Morgan fingerprint density at radius 1 is 0.980 bits per heavy atom. The lowest BCUT2D eigenvalue weighted by Gasteiger charge is -2.33. The number of hydrogen-bond donors (Lipinski definition) is 3. The highest BCUT2D eigenvalue weighted by atomic mass is 16.7. The van der Waals surface area contributed by atoms with Crippen molar-refractivity contribution in [3.63, 3.8) is 0 Å². The molecular weight excluding hydrogens is 660 g/mol. The van der Waals surface area contributed by atoms with Gasteiger partial charge in [0.15, 0.2) is 6.29 Å². The van der Waals surface area contributed by atoms with E-state index in [4.69, 9.17) is 28.4 Å². The quantitative estimate of drug-likeness (QED) is 0.150. The normalized spacial score (nSPS) is 22.1. The first-order valence-electron chi connectivity index (χ1n) is 17.5. The number of aliphatic hydroxyl groups is 1. The fraction of sp³-hybridized carbons (Fsp3) is 0.595. The standard InChI is InChI=1S/C37H52N4O10/c1-37(2,3)32(34(44)47-5)33(43)38-29(20-24-8-12-27(46-4)13-9-24)30(42)22-41(39-36(45)51-31-23-50-35-28(31)14-17-49-35)21-25-6-10-26(11-7-25)40-15-18-48-19-16-40/h6-13,28-32,35,42H,14-23H2,1-5H3,(H,38,43)(H,39,45). The number of benzene rings is 2. The fourth-order valence-electron chi connectivity index (χ4n) is 6.73. The number of nitrogens with zero attached hydrogens (tertiary/aromatic N) is 2. The van der Waals surface area contributed by atoms with E-state index in [1.165, 1.54) is 7.11 Å². The lowest BCUT2D eigenvalue weighted by atomic mass is 9.80. The number of ether oxygens (including phenoxy) is 6. The Morgan fingerprint density at radius 3 is 2.31 bits per heavy atom. The summed E-state index contributed by atoms with van der Waals surface area (Å²) in [6.45, 7) is 9.19. The highest BCUT2D eigenvalue weighted by Gasteiger charge is 2.44. The zero-order chi connectivity index (χ0) is 36.5. The summed E-state index contributed by atoms with van der Waals surface area (Å²) in [5.41, 5.74) is 4.83. The molecule has 5 rings (SSSR count). The van der Waals surface area contributed by atoms with E-state index in [0.29, 0.717) is 25.6 Å². The summed E-state index contributed by atoms with van der Waals surface area (Å²) in [6.07, 6.45) is -1.78. The molecule has 280 valence electrons. The number of carbonyl (C=O) groups excluding carboxylic acids is 3. The van der Waals surface area contributed by atoms with Gasteiger partial charge in [-0.1, -0.05) is 45.0 Å². The van der Waals surface area contributed by atoms with Crippen molar-refractivity contribution in [3.05, 3.63) is 59.7 Å². The number of amides is 2. The SMILES string of the molecule is COC(=O)C(C(=O)NC(Cc1ccc(OC)cc1)C(O)CN(Cc1ccc(N2CCOCC2)cc1)NC(=O)OC1COC2OCCC12)C(C)(C)C. The van der Waals surface area contributed by atoms with Gasteiger partial charge in [-0.3, -0.25) is 15.0 Å². The molecule has 3 N–H and O–H groups in total. The molecule has 14 heteroatoms. The molecule has 14 nitrogen and oxygen atoms in total. The van der Waals surface area contributed by atoms with Crippen molar-refractivity contribution in [1.82, 2.24) is 15.8 Å². The first-order chi connectivity index (χ1) is 24.4. The largest absolute Gasteiger partial charge is 0.497 e. The van der Waals surface area contributed by atoms with Gasteiger partial charge in [-0.05, 0) is 53.6 Å². The summed E-state index contributed by atoms with van der Waals surface area (Å²) in [6, 6.07) is 14.4. The maximum Gasteiger partial charge on any atom is 0.422 e. The van der Waals surface area contributed by atoms with Crippen LogP contribution in [0.4, 0.5) is 10.5 Å². The number of fused-ring (bicyclic) bond motifs is 1. The summed E-state index contributed by atoms with van der Waals surface area (Å²) in [7, 11) is 2.81. The molecule has 6 atom stereocenters. The number of morpholine rings is 1. The number of carbonyl (C=O) groups is 3. The monoisotopic (exact) mass is 712 g/mol. The number of rotatable bonds is 14. The summed E-state index contributed by atoms with van der Waals surface area (Å²) in [5, 5.41) is 16.3. The van der Waals surface area contributed by atoms with Gasteiger partial charge in [-0.15, -0.1) is 0 Å². The first-order valence-corrected chi connectivity index (χ1v) is 17.5. The molecule has 0 radical (unpaired) electrons. The topological polar surface area (TPSA) is 157 Å². The molecular formula is C37H52N4O10. The Balaban J connectivity index is 1.35. The molecule has 2 aromatic rings. The van der Waals surface area contributed by atoms with Crippen LogP contribution in [0.1, 0.15) is 38.3 Å². The second-order valence-electron chi connectivity index (χ2n) is 14.3. The van der Waals surface area contributed by atoms with Gasteiger partial charge in [0.2, 0.25) is 5.91 Å². The van der Waals surface area contributed by atoms with Gasteiger partial charge in [0, 0.05) is 31.9 Å². The fourth-order valence-corrected chi connectivity index (χ4v) is 6.73. The van der Waals surface area contributed by atoms with Gasteiger partial charge in [-0.2, -0.15) is 0 Å². The Hall–Kier alpha value is -3.95. The average molecular weight is 713 g/mol. The van der Waals surface area contributed by atoms with E-state index in [9.17, 15) is 19.5 Å². The Labute approximate surface area is 299 Å². The minimum Gasteiger partial charge on any atom is -0.497 e. The van der Waals surface area contributed by atoms with Gasteiger partial charge < -0.3 is 43.7 Å². The number of esters is 1. The molecule has 0 saturated carbocycles. The van der Waals surface area contributed by atoms with Crippen LogP contribution >= 0.6 is 0 Å². The van der Waals surface area contributed by atoms with E-state index >= 15 is 0 Å². The summed E-state index contributed by atoms with van der Waals surface area (Å²) in [5.74, 6) is -1.75. The Kier molecular flexibility index (Phi) is 13.1. The highest BCUT2D eigenvalue weighted by Crippen LogP contribution is 2.33. The molecule has 51 heavy (non-hydrogen) atoms. The van der Waals surface area contributed by atoms with Gasteiger partial charge in [0.25, 0.3) is 0 Å². The number of anilines is 1. The van der Waals surface area contributed by atoms with E-state index < -0.39 is 47.6 Å². The molecule has 0 aliphatic carbocycles. The van der Waals surface area contributed by atoms with E-state index in [-0.39, 0.29) is 38.3 Å². The molecule has 2 aromatic carbocycles. The smallest absolute Gasteiger partial charge is 0.422 e. The molecule has 0 bridgehead atoms. The Morgan fingerprint density at radius 2 is 1.67 bits per heavy atom. The number of methoxy groups -OCH3 is 2. The van der Waals surface area contributed by atoms with Crippen LogP contribution in [0.25, 0.3) is 0 Å². The molecule has 3 fully saturated rings. The maximum atomic E-state index is 13.7. The van der Waals surface area contributed by atoms with E-state index in [0.717, 1.165) is 36.3 Å². The van der Waals surface area contributed by atoms with Gasteiger partial charge in [0.05, 0.1) is 58.7 Å². The molecule has 3 aliphatic heterocycles. The van der Waals surface area contributed by atoms with Crippen LogP contribution in [0.2, 0.25) is 0 Å². The van der Waals surface area contributed by atoms with Gasteiger partial charge in [0.1, 0.15) is 17.8 Å². The number of aliphatic hydroxyl groups excluding tert-OH is 1. The predicted octanol–water partition coefficient (Wildman–Crippen LogP) is 2.66. The second-order valence-corrected chi connectivity index (χ2v) is 14.3. The lowest BCUT2D eigenvalue weighted by Crippen LogP contribution is -2.55. The molecule has 6 unspecified atom stereocenters. The highest BCUT2D eigenvalue weighted by molar-refractivity contribution is 5.98. The third-order valence-electron chi connectivity index (χ3n) is 9.56. The summed E-state index contributed by atoms with van der Waals surface area (Å²) < 4.78 is 32.8. The minimum atomic E-state index is -1.20. The number of nitrogens with one attached hydrogen (secondary N) is 2. The van der Waals surface area contributed by atoms with Crippen molar-refractivity contribution in [1.29, 1.82) is 0 Å². The van der Waals surface area contributed by atoms with Crippen molar-refractivity contribution in [2.75, 3.05) is 65.2 Å². The average Bonchev–Trinajstić information content (AvgIpc) is 3.73. The van der Waals surface area contributed by atoms with Crippen molar-refractivity contribution in [3.8, 4) is 5.75 Å². The minimum absolute atomic E-state index is 0.0443. The zero-order valence-corrected chi connectivity index (χ0v) is 30.2. The molecule has 0 aromatic heterocycles. The van der Waals surface area contributed by atoms with Crippen molar-refractivity contribution in [2.45, 2.75) is 64.7 Å². The zero-order valence-electron chi connectivity index (χ0n) is 30.2. The lowest BCUT2D eigenvalue weighted by molar-refractivity contribution is -0.155. The third kappa shape index (κ3) is 10.3. The molecule has 0 spiro atoms. The van der Waals surface area contributed by atoms with Crippen LogP contribution < -0.4 is 20.4 Å². The van der Waals surface area contributed by atoms with E-state index in [1.807, 2.05) is 36.4 Å². The van der Waals surface area contributed by atoms with Crippen molar-refractivity contribution >= 4 is 23.7 Å². The van der Waals surface area contributed by atoms with Crippen LogP contribution in [0.5, 0.6) is 5.75 Å². The number of hydrazine groups is 1. The number of hydrogen-bond acceptors (Lipinski definition) is 12.